The topological polar surface area (TPSA) is 97.8 Å². The molecule has 2 heterocycles. The van der Waals surface area contributed by atoms with Crippen LogP contribution >= 0.6 is 35.7 Å². The predicted molar refractivity (Wildman–Crippen MR) is 132 cm³/mol. The predicted octanol–water partition coefficient (Wildman–Crippen LogP) is 2.68. The maximum absolute atomic E-state index is 4.47. The molecule has 3 rings (SSSR count). The Hall–Kier alpha value is -1.37. The van der Waals surface area contributed by atoms with Gasteiger partial charge in [-0.3, -0.25) is 4.99 Å². The van der Waals surface area contributed by atoms with E-state index in [1.54, 1.807) is 25.1 Å². The second-order valence-corrected chi connectivity index (χ2v) is 8.01. The molecule has 0 spiro atoms. The Kier molecular flexibility index (Phi) is 10.9. The monoisotopic (exact) mass is 547 g/mol. The Morgan fingerprint density at radius 1 is 1.17 bits per heavy atom. The first-order valence-corrected chi connectivity index (χ1v) is 11.8. The number of aryl methyl sites for hydroxylation is 2. The lowest BCUT2D eigenvalue weighted by Crippen LogP contribution is -2.39. The summed E-state index contributed by atoms with van der Waals surface area (Å²) >= 11 is 1.69. The molecule has 168 valence electrons. The Bertz CT molecular complexity index is 783. The third-order valence-electron chi connectivity index (χ3n) is 5.36. The van der Waals surface area contributed by atoms with Gasteiger partial charge >= 0.3 is 0 Å². The number of guanidine groups is 1. The smallest absolute Gasteiger partial charge is 0.191 e. The fraction of sp³-hybridized carbons (Fsp3) is 0.737. The van der Waals surface area contributed by atoms with Crippen LogP contribution in [-0.4, -0.2) is 61.9 Å². The van der Waals surface area contributed by atoms with Gasteiger partial charge in [0.15, 0.2) is 11.1 Å². The average molecular weight is 548 g/mol. The zero-order valence-corrected chi connectivity index (χ0v) is 21.3. The molecule has 2 aromatic heterocycles. The van der Waals surface area contributed by atoms with Crippen molar-refractivity contribution >= 4 is 41.7 Å². The molecule has 1 aliphatic rings. The van der Waals surface area contributed by atoms with E-state index in [9.17, 15) is 0 Å². The van der Waals surface area contributed by atoms with Crippen LogP contribution in [0.5, 0.6) is 0 Å². The van der Waals surface area contributed by atoms with Crippen LogP contribution in [-0.2, 0) is 19.4 Å². The normalized spacial score (nSPS) is 14.7. The third kappa shape index (κ3) is 6.56. The van der Waals surface area contributed by atoms with E-state index in [0.29, 0.717) is 6.04 Å². The van der Waals surface area contributed by atoms with E-state index in [0.717, 1.165) is 61.7 Å². The summed E-state index contributed by atoms with van der Waals surface area (Å²) in [7, 11) is 1.80. The first-order chi connectivity index (χ1) is 14.3. The zero-order chi connectivity index (χ0) is 20.5. The minimum atomic E-state index is 0. The van der Waals surface area contributed by atoms with Crippen molar-refractivity contribution in [3.05, 3.63) is 18.0 Å². The van der Waals surface area contributed by atoms with Crippen molar-refractivity contribution < 1.29 is 0 Å². The number of thioether (sulfide) groups is 1. The van der Waals surface area contributed by atoms with Crippen molar-refractivity contribution in [3.63, 3.8) is 0 Å². The number of hydrogen-bond acceptors (Lipinski definition) is 6. The maximum Gasteiger partial charge on any atom is 0.191 e. The number of nitrogens with one attached hydrogen (secondary N) is 2. The van der Waals surface area contributed by atoms with Crippen LogP contribution in [0.25, 0.3) is 0 Å². The molecule has 0 aromatic carbocycles. The van der Waals surface area contributed by atoms with Gasteiger partial charge in [0.25, 0.3) is 0 Å². The first kappa shape index (κ1) is 24.9. The lowest BCUT2D eigenvalue weighted by Gasteiger charge is -2.16. The van der Waals surface area contributed by atoms with Crippen LogP contribution in [0.4, 0.5) is 0 Å². The highest BCUT2D eigenvalue weighted by Crippen LogP contribution is 2.33. The molecule has 0 saturated heterocycles. The largest absolute Gasteiger partial charge is 0.356 e. The quantitative estimate of drug-likeness (QED) is 0.155. The SMILES string of the molecule is CCc1nncn1CCNC(=NC)NCCCc1nnc(SC)n1C1CCCC1.I. The van der Waals surface area contributed by atoms with Crippen LogP contribution in [0.3, 0.4) is 0 Å². The molecular formula is C19H34IN9S. The van der Waals surface area contributed by atoms with Crippen LogP contribution in [0.15, 0.2) is 16.5 Å². The third-order valence-corrected chi connectivity index (χ3v) is 6.00. The number of nitrogens with zero attached hydrogens (tertiary/aromatic N) is 7. The van der Waals surface area contributed by atoms with Crippen molar-refractivity contribution in [3.8, 4) is 0 Å². The van der Waals surface area contributed by atoms with Crippen LogP contribution < -0.4 is 10.6 Å². The van der Waals surface area contributed by atoms with Gasteiger partial charge in [-0.25, -0.2) is 0 Å². The van der Waals surface area contributed by atoms with Gasteiger partial charge in [0.1, 0.15) is 18.0 Å². The molecule has 1 saturated carbocycles. The summed E-state index contributed by atoms with van der Waals surface area (Å²) in [6.07, 6.45) is 11.8. The average Bonchev–Trinajstić information content (AvgIpc) is 3.49. The molecule has 0 amide bonds. The molecule has 0 bridgehead atoms. The van der Waals surface area contributed by atoms with Gasteiger partial charge in [-0.2, -0.15) is 0 Å². The van der Waals surface area contributed by atoms with E-state index in [1.165, 1.54) is 25.7 Å². The molecule has 9 nitrogen and oxygen atoms in total. The fourth-order valence-corrected chi connectivity index (χ4v) is 4.43. The Balaban J connectivity index is 0.00000320. The summed E-state index contributed by atoms with van der Waals surface area (Å²) in [5.74, 6) is 2.94. The number of halogens is 1. The number of aliphatic imine (C=N–C) groups is 1. The minimum absolute atomic E-state index is 0. The summed E-state index contributed by atoms with van der Waals surface area (Å²) in [6.45, 7) is 4.53. The van der Waals surface area contributed by atoms with E-state index >= 15 is 0 Å². The van der Waals surface area contributed by atoms with Gasteiger partial charge in [-0.1, -0.05) is 31.5 Å². The van der Waals surface area contributed by atoms with Gasteiger partial charge in [0.2, 0.25) is 0 Å². The molecule has 2 N–H and O–H groups in total. The van der Waals surface area contributed by atoms with Gasteiger partial charge in [0.05, 0.1) is 0 Å². The highest BCUT2D eigenvalue weighted by Gasteiger charge is 2.23. The highest BCUT2D eigenvalue weighted by atomic mass is 127. The summed E-state index contributed by atoms with van der Waals surface area (Å²) in [4.78, 5) is 4.31. The second kappa shape index (κ2) is 13.1. The zero-order valence-electron chi connectivity index (χ0n) is 18.2. The van der Waals surface area contributed by atoms with Gasteiger partial charge in [-0.05, 0) is 25.5 Å². The van der Waals surface area contributed by atoms with Crippen LogP contribution in [0.1, 0.15) is 56.7 Å². The molecule has 1 aliphatic carbocycles. The van der Waals surface area contributed by atoms with E-state index in [2.05, 4.69) is 58.3 Å². The van der Waals surface area contributed by atoms with Crippen molar-refractivity contribution in [1.82, 2.24) is 40.2 Å². The summed E-state index contributed by atoms with van der Waals surface area (Å²) < 4.78 is 4.45. The molecule has 0 radical (unpaired) electrons. The Labute approximate surface area is 200 Å². The van der Waals surface area contributed by atoms with Crippen LogP contribution in [0, 0.1) is 0 Å². The Morgan fingerprint density at radius 2 is 1.93 bits per heavy atom. The Morgan fingerprint density at radius 3 is 2.63 bits per heavy atom. The maximum atomic E-state index is 4.47. The van der Waals surface area contributed by atoms with Crippen molar-refractivity contribution in [2.24, 2.45) is 4.99 Å². The van der Waals surface area contributed by atoms with E-state index in [4.69, 9.17) is 0 Å². The van der Waals surface area contributed by atoms with Crippen molar-refractivity contribution in [2.75, 3.05) is 26.4 Å². The van der Waals surface area contributed by atoms with E-state index in [-0.39, 0.29) is 24.0 Å². The lowest BCUT2D eigenvalue weighted by molar-refractivity contribution is 0.460. The first-order valence-electron chi connectivity index (χ1n) is 10.6. The number of hydrogen-bond donors (Lipinski definition) is 2. The van der Waals surface area contributed by atoms with Crippen molar-refractivity contribution in [2.45, 2.75) is 69.6 Å². The molecular weight excluding hydrogens is 513 g/mol. The summed E-state index contributed by atoms with van der Waals surface area (Å²) in [5, 5.41) is 24.7. The van der Waals surface area contributed by atoms with Crippen LogP contribution in [0.2, 0.25) is 0 Å². The van der Waals surface area contributed by atoms with E-state index in [1.807, 2.05) is 0 Å². The summed E-state index contributed by atoms with van der Waals surface area (Å²) in [6, 6.07) is 0.579. The second-order valence-electron chi connectivity index (χ2n) is 7.23. The summed E-state index contributed by atoms with van der Waals surface area (Å²) in [5.41, 5.74) is 0. The lowest BCUT2D eigenvalue weighted by atomic mass is 10.2. The van der Waals surface area contributed by atoms with Gasteiger partial charge in [0, 0.05) is 45.6 Å². The molecule has 0 unspecified atom stereocenters. The molecule has 2 aromatic rings. The number of rotatable bonds is 10. The number of aromatic nitrogens is 6. The molecule has 30 heavy (non-hydrogen) atoms. The van der Waals surface area contributed by atoms with Gasteiger partial charge < -0.3 is 19.8 Å². The highest BCUT2D eigenvalue weighted by molar-refractivity contribution is 14.0. The van der Waals surface area contributed by atoms with Gasteiger partial charge in [-0.15, -0.1) is 44.4 Å². The van der Waals surface area contributed by atoms with E-state index < -0.39 is 0 Å². The molecule has 11 heteroatoms. The molecule has 0 atom stereocenters. The molecule has 1 fully saturated rings. The van der Waals surface area contributed by atoms with Crippen molar-refractivity contribution in [1.29, 1.82) is 0 Å². The minimum Gasteiger partial charge on any atom is -0.356 e. The standard InChI is InChI=1S/C19H33N9S.HI/c1-4-16-24-23-14-27(16)13-12-22-18(20-2)21-11-7-10-17-25-26-19(29-3)28(17)15-8-5-6-9-15;/h14-15H,4-13H2,1-3H3,(H2,20,21,22);1H. The fourth-order valence-electron chi connectivity index (χ4n) is 3.85. The molecule has 0 aliphatic heterocycles.